The average Bonchev–Trinajstić information content (AvgIpc) is 3.67. The van der Waals surface area contributed by atoms with Gasteiger partial charge < -0.3 is 0 Å². The summed E-state index contributed by atoms with van der Waals surface area (Å²) >= 11 is 1.88. The predicted molar refractivity (Wildman–Crippen MR) is 215 cm³/mol. The van der Waals surface area contributed by atoms with Gasteiger partial charge in [0.15, 0.2) is 5.82 Å². The van der Waals surface area contributed by atoms with Crippen molar-refractivity contribution in [2.45, 2.75) is 5.41 Å². The van der Waals surface area contributed by atoms with Crippen LogP contribution in [0.5, 0.6) is 0 Å². The van der Waals surface area contributed by atoms with Crippen molar-refractivity contribution in [1.29, 1.82) is 0 Å². The van der Waals surface area contributed by atoms with E-state index in [0.717, 1.165) is 28.1 Å². The van der Waals surface area contributed by atoms with Crippen molar-refractivity contribution in [3.05, 3.63) is 197 Å². The number of rotatable bonds is 3. The van der Waals surface area contributed by atoms with Crippen molar-refractivity contribution in [1.82, 2.24) is 15.0 Å². The lowest BCUT2D eigenvalue weighted by molar-refractivity contribution is 0.767. The van der Waals surface area contributed by atoms with Gasteiger partial charge in [0.2, 0.25) is 0 Å². The molecular weight excluding hydrogens is 651 g/mol. The summed E-state index contributed by atoms with van der Waals surface area (Å²) in [5, 5.41) is 2.62. The summed E-state index contributed by atoms with van der Waals surface area (Å²) in [4.78, 5) is 14.7. The maximum Gasteiger partial charge on any atom is 0.160 e. The van der Waals surface area contributed by atoms with Crippen molar-refractivity contribution in [3.63, 3.8) is 0 Å². The van der Waals surface area contributed by atoms with E-state index in [1.54, 1.807) is 6.20 Å². The predicted octanol–water partition coefficient (Wildman–Crippen LogP) is 12.1. The molecule has 0 saturated heterocycles. The van der Waals surface area contributed by atoms with Crippen LogP contribution in [0.3, 0.4) is 0 Å². The first kappa shape index (κ1) is 29.3. The summed E-state index contributed by atoms with van der Waals surface area (Å²) in [6.07, 6.45) is 8.25. The van der Waals surface area contributed by atoms with Gasteiger partial charge in [-0.05, 0) is 87.0 Å². The summed E-state index contributed by atoms with van der Waals surface area (Å²) in [5.74, 6) is 0.690. The number of nitrogens with zero attached hydrogens (tertiary/aromatic N) is 3. The molecule has 9 aromatic rings. The van der Waals surface area contributed by atoms with Gasteiger partial charge in [-0.2, -0.15) is 0 Å². The highest BCUT2D eigenvalue weighted by Gasteiger charge is 2.48. The molecule has 2 aliphatic carbocycles. The van der Waals surface area contributed by atoms with Crippen LogP contribution in [-0.2, 0) is 5.41 Å². The molecule has 0 aliphatic heterocycles. The zero-order valence-corrected chi connectivity index (χ0v) is 28.8. The summed E-state index contributed by atoms with van der Waals surface area (Å²) in [7, 11) is 0. The zero-order valence-electron chi connectivity index (χ0n) is 28.0. The van der Waals surface area contributed by atoms with Crippen LogP contribution in [0.25, 0.3) is 77.4 Å². The van der Waals surface area contributed by atoms with Gasteiger partial charge in [0.25, 0.3) is 0 Å². The third kappa shape index (κ3) is 4.22. The lowest BCUT2D eigenvalue weighted by Gasteiger charge is -2.35. The molecule has 52 heavy (non-hydrogen) atoms. The molecule has 3 aromatic heterocycles. The van der Waals surface area contributed by atoms with Gasteiger partial charge in [-0.25, -0.2) is 9.97 Å². The second-order valence-electron chi connectivity index (χ2n) is 13.6. The van der Waals surface area contributed by atoms with E-state index >= 15 is 0 Å². The SMILES string of the molecule is C1=Cc2ccc(-c3cc(-c4cccnc4)nc(-c4ccccc4)n3)cc2C2(c3ccccc31)c1ccccc1-c1cc3sc4ccccc4c3cc12. The number of fused-ring (bicyclic) bond motifs is 12. The van der Waals surface area contributed by atoms with E-state index in [1.165, 1.54) is 64.7 Å². The number of benzene rings is 6. The van der Waals surface area contributed by atoms with Crippen LogP contribution in [0.15, 0.2) is 164 Å². The molecule has 0 radical (unpaired) electrons. The van der Waals surface area contributed by atoms with E-state index in [9.17, 15) is 0 Å². The van der Waals surface area contributed by atoms with E-state index in [-0.39, 0.29) is 0 Å². The van der Waals surface area contributed by atoms with Crippen LogP contribution in [0.1, 0.15) is 33.4 Å². The lowest BCUT2D eigenvalue weighted by Crippen LogP contribution is -2.30. The molecule has 6 aromatic carbocycles. The van der Waals surface area contributed by atoms with Crippen molar-refractivity contribution in [3.8, 4) is 45.0 Å². The van der Waals surface area contributed by atoms with Crippen molar-refractivity contribution >= 4 is 43.7 Å². The topological polar surface area (TPSA) is 38.7 Å². The van der Waals surface area contributed by atoms with Gasteiger partial charge >= 0.3 is 0 Å². The van der Waals surface area contributed by atoms with Gasteiger partial charge in [-0.3, -0.25) is 4.98 Å². The maximum absolute atomic E-state index is 5.24. The molecule has 242 valence electrons. The molecule has 0 N–H and O–H groups in total. The first-order valence-electron chi connectivity index (χ1n) is 17.6. The van der Waals surface area contributed by atoms with Crippen LogP contribution in [0.2, 0.25) is 0 Å². The molecular formula is C48H29N3S. The number of pyridine rings is 1. The summed E-state index contributed by atoms with van der Waals surface area (Å²) in [6.45, 7) is 0. The van der Waals surface area contributed by atoms with Crippen molar-refractivity contribution < 1.29 is 0 Å². The molecule has 3 heterocycles. The largest absolute Gasteiger partial charge is 0.264 e. The fraction of sp³-hybridized carbons (Fsp3) is 0.0208. The molecule has 11 rings (SSSR count). The van der Waals surface area contributed by atoms with E-state index in [0.29, 0.717) is 5.82 Å². The standard InChI is InChI=1S/C48H29N3S/c1-2-12-32(13-3-1)47-50-43(28-44(51-47)34-14-10-24-49-29-34)33-23-22-31-21-20-30-11-4-7-17-39(30)48(41(31)25-33)40-18-8-5-15-35(40)37-27-46-38(26-42(37)48)36-16-6-9-19-45(36)52-46/h1-29H. The molecule has 0 saturated carbocycles. The van der Waals surface area contributed by atoms with E-state index in [4.69, 9.17) is 9.97 Å². The normalized spacial score (nSPS) is 15.3. The number of thiophene rings is 1. The van der Waals surface area contributed by atoms with Crippen molar-refractivity contribution in [2.75, 3.05) is 0 Å². The minimum Gasteiger partial charge on any atom is -0.264 e. The first-order valence-corrected chi connectivity index (χ1v) is 18.4. The molecule has 2 aliphatic rings. The van der Waals surface area contributed by atoms with E-state index in [1.807, 2.05) is 41.8 Å². The molecule has 0 amide bonds. The molecule has 0 bridgehead atoms. The number of hydrogen-bond acceptors (Lipinski definition) is 4. The van der Waals surface area contributed by atoms with E-state index in [2.05, 4.69) is 145 Å². The van der Waals surface area contributed by atoms with Gasteiger partial charge in [-0.1, -0.05) is 121 Å². The first-order chi connectivity index (χ1) is 25.8. The quantitative estimate of drug-likeness (QED) is 0.187. The Morgan fingerprint density at radius 2 is 1.17 bits per heavy atom. The highest BCUT2D eigenvalue weighted by Crippen LogP contribution is 2.60. The van der Waals surface area contributed by atoms with Crippen LogP contribution >= 0.6 is 11.3 Å². The Bertz CT molecular complexity index is 2850. The Morgan fingerprint density at radius 1 is 0.442 bits per heavy atom. The summed E-state index contributed by atoms with van der Waals surface area (Å²) < 4.78 is 2.63. The Balaban J connectivity index is 1.23. The second-order valence-corrected chi connectivity index (χ2v) is 14.7. The fourth-order valence-electron chi connectivity index (χ4n) is 8.54. The van der Waals surface area contributed by atoms with Crippen LogP contribution < -0.4 is 0 Å². The van der Waals surface area contributed by atoms with Crippen LogP contribution in [-0.4, -0.2) is 15.0 Å². The summed E-state index contributed by atoms with van der Waals surface area (Å²) in [5.41, 5.74) is 14.3. The smallest absolute Gasteiger partial charge is 0.160 e. The Labute approximate surface area is 305 Å². The molecule has 1 unspecified atom stereocenters. The van der Waals surface area contributed by atoms with Crippen LogP contribution in [0.4, 0.5) is 0 Å². The molecule has 4 heteroatoms. The monoisotopic (exact) mass is 679 g/mol. The highest BCUT2D eigenvalue weighted by atomic mass is 32.1. The van der Waals surface area contributed by atoms with Gasteiger partial charge in [0.1, 0.15) is 0 Å². The van der Waals surface area contributed by atoms with Gasteiger partial charge in [-0.15, -0.1) is 11.3 Å². The zero-order chi connectivity index (χ0) is 34.2. The number of hydrogen-bond donors (Lipinski definition) is 0. The molecule has 0 fully saturated rings. The van der Waals surface area contributed by atoms with Gasteiger partial charge in [0.05, 0.1) is 16.8 Å². The molecule has 3 nitrogen and oxygen atoms in total. The van der Waals surface area contributed by atoms with Gasteiger partial charge in [0, 0.05) is 49.3 Å². The number of aromatic nitrogens is 3. The lowest BCUT2D eigenvalue weighted by atomic mass is 9.65. The minimum absolute atomic E-state index is 0.559. The average molecular weight is 680 g/mol. The highest BCUT2D eigenvalue weighted by molar-refractivity contribution is 7.25. The molecule has 1 atom stereocenters. The van der Waals surface area contributed by atoms with Crippen LogP contribution in [0, 0.1) is 0 Å². The van der Waals surface area contributed by atoms with Crippen molar-refractivity contribution in [2.24, 2.45) is 0 Å². The summed E-state index contributed by atoms with van der Waals surface area (Å²) in [6, 6.07) is 55.0. The molecule has 1 spiro atoms. The second kappa shape index (κ2) is 11.3. The Morgan fingerprint density at radius 3 is 2.04 bits per heavy atom. The third-order valence-electron chi connectivity index (χ3n) is 10.8. The van der Waals surface area contributed by atoms with E-state index < -0.39 is 5.41 Å². The fourth-order valence-corrected chi connectivity index (χ4v) is 9.67. The Hall–Kier alpha value is -6.49. The minimum atomic E-state index is -0.559. The third-order valence-corrected chi connectivity index (χ3v) is 12.0. The Kier molecular flexibility index (Phi) is 6.34. The maximum atomic E-state index is 5.24.